The van der Waals surface area contributed by atoms with E-state index in [-0.39, 0.29) is 29.5 Å². The fourth-order valence-corrected chi connectivity index (χ4v) is 3.41. The first-order chi connectivity index (χ1) is 15.8. The van der Waals surface area contributed by atoms with Crippen molar-refractivity contribution < 1.29 is 14.1 Å². The minimum absolute atomic E-state index is 0.121. The highest BCUT2D eigenvalue weighted by molar-refractivity contribution is 9.10. The van der Waals surface area contributed by atoms with Crippen LogP contribution in [-0.2, 0) is 0 Å². The number of ether oxygens (including phenoxy) is 1. The first kappa shape index (κ1) is 24.7. The van der Waals surface area contributed by atoms with Crippen LogP contribution < -0.4 is 15.4 Å². The molecule has 1 unspecified atom stereocenters. The van der Waals surface area contributed by atoms with Gasteiger partial charge in [-0.25, -0.2) is 14.4 Å². The van der Waals surface area contributed by atoms with Crippen molar-refractivity contribution in [2.75, 3.05) is 39.1 Å². The second-order valence-electron chi connectivity index (χ2n) is 7.77. The van der Waals surface area contributed by atoms with Crippen molar-refractivity contribution in [3.8, 4) is 5.75 Å². The van der Waals surface area contributed by atoms with Crippen LogP contribution in [0, 0.1) is 15.9 Å². The summed E-state index contributed by atoms with van der Waals surface area (Å²) in [7, 11) is 4.07. The SMILES string of the molecule is CC(CCNCCOc1cc2ncnc(Nc3ccc(Br)cc3F)c2cc1[N+](=O)[O-])N(C)C. The van der Waals surface area contributed by atoms with Gasteiger partial charge in [0.15, 0.2) is 5.75 Å². The molecule has 0 spiro atoms. The van der Waals surface area contributed by atoms with Crippen molar-refractivity contribution in [2.45, 2.75) is 19.4 Å². The number of aromatic nitrogens is 2. The van der Waals surface area contributed by atoms with Crippen LogP contribution in [-0.4, -0.2) is 59.6 Å². The fourth-order valence-electron chi connectivity index (χ4n) is 3.08. The van der Waals surface area contributed by atoms with E-state index in [2.05, 4.69) is 48.4 Å². The summed E-state index contributed by atoms with van der Waals surface area (Å²) in [6.45, 7) is 3.78. The van der Waals surface area contributed by atoms with Gasteiger partial charge in [0.05, 0.1) is 21.5 Å². The molecule has 9 nitrogen and oxygen atoms in total. The molecule has 0 amide bonds. The molecule has 2 aromatic carbocycles. The quantitative estimate of drug-likeness (QED) is 0.216. The highest BCUT2D eigenvalue weighted by Crippen LogP contribution is 2.35. The molecule has 11 heteroatoms. The highest BCUT2D eigenvalue weighted by atomic mass is 79.9. The number of hydrogen-bond donors (Lipinski definition) is 2. The number of nitrogens with zero attached hydrogens (tertiary/aromatic N) is 4. The van der Waals surface area contributed by atoms with Crippen molar-refractivity contribution in [1.82, 2.24) is 20.2 Å². The molecule has 0 radical (unpaired) electrons. The standard InChI is InChI=1S/C22H26BrFN6O3/c1-14(29(2)3)6-7-25-8-9-33-21-12-19-16(11-20(21)30(31)32)22(27-13-26-19)28-18-5-4-15(23)10-17(18)24/h4-5,10-14,25H,6-9H2,1-3H3,(H,26,27,28). The van der Waals surface area contributed by atoms with Crippen molar-refractivity contribution in [3.63, 3.8) is 0 Å². The van der Waals surface area contributed by atoms with E-state index in [9.17, 15) is 14.5 Å². The third kappa shape index (κ3) is 6.56. The van der Waals surface area contributed by atoms with Gasteiger partial charge >= 0.3 is 5.69 Å². The van der Waals surface area contributed by atoms with Crippen molar-refractivity contribution >= 4 is 44.0 Å². The number of halogens is 2. The van der Waals surface area contributed by atoms with Crippen LogP contribution in [0.15, 0.2) is 41.1 Å². The van der Waals surface area contributed by atoms with Crippen LogP contribution in [0.3, 0.4) is 0 Å². The third-order valence-electron chi connectivity index (χ3n) is 5.25. The van der Waals surface area contributed by atoms with Gasteiger partial charge in [-0.2, -0.15) is 0 Å². The van der Waals surface area contributed by atoms with E-state index >= 15 is 0 Å². The Hall–Kier alpha value is -2.89. The average Bonchev–Trinajstić information content (AvgIpc) is 2.77. The van der Waals surface area contributed by atoms with Crippen molar-refractivity contribution in [3.05, 3.63) is 57.1 Å². The van der Waals surface area contributed by atoms with Gasteiger partial charge in [0.2, 0.25) is 0 Å². The molecule has 0 saturated carbocycles. The van der Waals surface area contributed by atoms with E-state index in [4.69, 9.17) is 4.74 Å². The van der Waals surface area contributed by atoms with Gasteiger partial charge in [0, 0.05) is 29.2 Å². The summed E-state index contributed by atoms with van der Waals surface area (Å²) in [4.78, 5) is 21.6. The van der Waals surface area contributed by atoms with E-state index in [1.165, 1.54) is 24.5 Å². The lowest BCUT2D eigenvalue weighted by Crippen LogP contribution is -2.30. The van der Waals surface area contributed by atoms with Crippen molar-refractivity contribution in [1.29, 1.82) is 0 Å². The molecule has 1 aromatic heterocycles. The summed E-state index contributed by atoms with van der Waals surface area (Å²) in [5.41, 5.74) is 0.423. The smallest absolute Gasteiger partial charge is 0.311 e. The van der Waals surface area contributed by atoms with Gasteiger partial charge in [0.25, 0.3) is 0 Å². The van der Waals surface area contributed by atoms with Crippen LogP contribution in [0.25, 0.3) is 10.9 Å². The molecule has 0 fully saturated rings. The predicted octanol–water partition coefficient (Wildman–Crippen LogP) is 4.49. The Labute approximate surface area is 199 Å². The first-order valence-electron chi connectivity index (χ1n) is 10.4. The monoisotopic (exact) mass is 520 g/mol. The topological polar surface area (TPSA) is 105 Å². The lowest BCUT2D eigenvalue weighted by atomic mass is 10.2. The molecule has 0 bridgehead atoms. The molecule has 0 aliphatic heterocycles. The van der Waals surface area contributed by atoms with E-state index in [0.29, 0.717) is 28.0 Å². The van der Waals surface area contributed by atoms with Crippen LogP contribution in [0.4, 0.5) is 21.6 Å². The minimum Gasteiger partial charge on any atom is -0.485 e. The first-order valence-corrected chi connectivity index (χ1v) is 11.2. The lowest BCUT2D eigenvalue weighted by molar-refractivity contribution is -0.385. The molecule has 0 aliphatic rings. The zero-order chi connectivity index (χ0) is 24.0. The second kappa shape index (κ2) is 11.3. The number of nitro groups is 1. The predicted molar refractivity (Wildman–Crippen MR) is 130 cm³/mol. The maximum atomic E-state index is 14.2. The molecular formula is C22H26BrFN6O3. The van der Waals surface area contributed by atoms with E-state index < -0.39 is 10.7 Å². The molecule has 1 atom stereocenters. The summed E-state index contributed by atoms with van der Waals surface area (Å²) in [6, 6.07) is 7.84. The molecule has 0 aliphatic carbocycles. The summed E-state index contributed by atoms with van der Waals surface area (Å²) >= 11 is 3.21. The number of hydrogen-bond acceptors (Lipinski definition) is 8. The molecule has 1 heterocycles. The molecule has 0 saturated heterocycles. The van der Waals surface area contributed by atoms with Crippen LogP contribution in [0.2, 0.25) is 0 Å². The number of anilines is 2. The normalized spacial score (nSPS) is 12.2. The summed E-state index contributed by atoms with van der Waals surface area (Å²) < 4.78 is 20.5. The van der Waals surface area contributed by atoms with E-state index in [1.54, 1.807) is 12.1 Å². The largest absolute Gasteiger partial charge is 0.485 e. The molecular weight excluding hydrogens is 495 g/mol. The zero-order valence-electron chi connectivity index (χ0n) is 18.6. The van der Waals surface area contributed by atoms with Crippen LogP contribution >= 0.6 is 15.9 Å². The molecule has 176 valence electrons. The lowest BCUT2D eigenvalue weighted by Gasteiger charge is -2.19. The van der Waals surface area contributed by atoms with Gasteiger partial charge in [-0.05, 0) is 52.2 Å². The Kier molecular flexibility index (Phi) is 8.48. The van der Waals surface area contributed by atoms with Gasteiger partial charge in [-0.1, -0.05) is 15.9 Å². The minimum atomic E-state index is -0.516. The summed E-state index contributed by atoms with van der Waals surface area (Å²) in [5, 5.41) is 18.2. The third-order valence-corrected chi connectivity index (χ3v) is 5.75. The number of benzene rings is 2. The van der Waals surface area contributed by atoms with Crippen LogP contribution in [0.5, 0.6) is 5.75 Å². The van der Waals surface area contributed by atoms with E-state index in [0.717, 1.165) is 13.0 Å². The van der Waals surface area contributed by atoms with Gasteiger partial charge in [-0.3, -0.25) is 10.1 Å². The summed E-state index contributed by atoms with van der Waals surface area (Å²) in [5.74, 6) is -0.110. The van der Waals surface area contributed by atoms with Crippen molar-refractivity contribution in [2.24, 2.45) is 0 Å². The molecule has 3 aromatic rings. The van der Waals surface area contributed by atoms with Gasteiger partial charge < -0.3 is 20.3 Å². The van der Waals surface area contributed by atoms with Gasteiger partial charge in [0.1, 0.15) is 24.6 Å². The molecule has 3 rings (SSSR count). The number of rotatable bonds is 11. The Morgan fingerprint density at radius 1 is 1.24 bits per heavy atom. The number of fused-ring (bicyclic) bond motifs is 1. The van der Waals surface area contributed by atoms with Gasteiger partial charge in [-0.15, -0.1) is 0 Å². The number of nitrogens with one attached hydrogen (secondary N) is 2. The second-order valence-corrected chi connectivity index (χ2v) is 8.68. The summed E-state index contributed by atoms with van der Waals surface area (Å²) in [6.07, 6.45) is 2.29. The van der Waals surface area contributed by atoms with Crippen LogP contribution in [0.1, 0.15) is 13.3 Å². The Balaban J connectivity index is 1.74. The maximum Gasteiger partial charge on any atom is 0.311 e. The number of nitro benzene ring substituents is 1. The van der Waals surface area contributed by atoms with E-state index in [1.807, 2.05) is 14.1 Å². The Morgan fingerprint density at radius 2 is 2.03 bits per heavy atom. The molecule has 2 N–H and O–H groups in total. The Morgan fingerprint density at radius 3 is 2.73 bits per heavy atom. The fraction of sp³-hybridized carbons (Fsp3) is 0.364. The average molecular weight is 521 g/mol. The zero-order valence-corrected chi connectivity index (χ0v) is 20.2. The molecule has 33 heavy (non-hydrogen) atoms. The maximum absolute atomic E-state index is 14.2. The highest BCUT2D eigenvalue weighted by Gasteiger charge is 2.20. The Bertz CT molecular complexity index is 1130.